The van der Waals surface area contributed by atoms with E-state index in [9.17, 15) is 24.0 Å². The number of carbonyl (C=O) groups excluding carboxylic acids is 5. The molecule has 4 aliphatic heterocycles. The van der Waals surface area contributed by atoms with Gasteiger partial charge in [-0.05, 0) is 81.2 Å². The van der Waals surface area contributed by atoms with Gasteiger partial charge in [0.15, 0.2) is 0 Å². The first-order chi connectivity index (χ1) is 25.8. The first-order valence-corrected chi connectivity index (χ1v) is 20.1. The fourth-order valence-electron chi connectivity index (χ4n) is 7.79. The van der Waals surface area contributed by atoms with E-state index >= 15 is 0 Å². The van der Waals surface area contributed by atoms with Crippen LogP contribution in [0.3, 0.4) is 0 Å². The van der Waals surface area contributed by atoms with Gasteiger partial charge in [-0.1, -0.05) is 48.0 Å². The highest BCUT2D eigenvalue weighted by atomic mass is 32.2. The molecule has 15 nitrogen and oxygen atoms in total. The van der Waals surface area contributed by atoms with Crippen LogP contribution >= 0.6 is 11.8 Å². The Morgan fingerprint density at radius 2 is 1.57 bits per heavy atom. The van der Waals surface area contributed by atoms with Crippen molar-refractivity contribution in [2.45, 2.75) is 119 Å². The molecule has 1 aromatic rings. The van der Waals surface area contributed by atoms with Crippen molar-refractivity contribution in [1.29, 1.82) is 0 Å². The van der Waals surface area contributed by atoms with Gasteiger partial charge < -0.3 is 26.0 Å². The maximum Gasteiger partial charge on any atom is 0.315 e. The Morgan fingerprint density at radius 1 is 0.849 bits per heavy atom. The minimum absolute atomic E-state index is 0.0539. The standard InChI is InChI=1S/C37H53N9O6S/c38-46-43-25-17-15-24(16-18-25)9-8-14-32(47)40-22-35(50)39-21-27-26(29-19-20-30(27)52-29)10-4-2-1-3-5-12-33(48)44-45-34(49)13-7-6-11-31-36-28(23-53-31)41-37(51)42-36/h1-2,15-18,26-31,36H,3-14,19-23H2,(H,39,50)(H,40,47)(H,44,48)(H,45,49)(H2,41,42,51)/b2-1-/t26?,27?,28-,29?,30?,31-,36-/m1/s1. The molecule has 5 rings (SSSR count). The molecule has 0 radical (unpaired) electrons. The molecule has 16 heteroatoms. The zero-order valence-electron chi connectivity index (χ0n) is 30.2. The lowest BCUT2D eigenvalue weighted by molar-refractivity contribution is -0.129. The first-order valence-electron chi connectivity index (χ1n) is 19.0. The Kier molecular flexibility index (Phi) is 15.7. The van der Waals surface area contributed by atoms with E-state index in [1.165, 1.54) is 0 Å². The third-order valence-electron chi connectivity index (χ3n) is 10.6. The van der Waals surface area contributed by atoms with Gasteiger partial charge >= 0.3 is 6.03 Å². The Morgan fingerprint density at radius 3 is 2.34 bits per heavy atom. The molecule has 0 aliphatic carbocycles. The minimum atomic E-state index is -0.208. The predicted octanol–water partition coefficient (Wildman–Crippen LogP) is 4.36. The van der Waals surface area contributed by atoms with E-state index in [4.69, 9.17) is 10.3 Å². The molecule has 4 heterocycles. The average Bonchev–Trinajstić information content (AvgIpc) is 3.94. The summed E-state index contributed by atoms with van der Waals surface area (Å²) in [5, 5.41) is 15.6. The number of fused-ring (bicyclic) bond motifs is 3. The number of hydrogen-bond donors (Lipinski definition) is 6. The molecule has 1 aromatic carbocycles. The maximum atomic E-state index is 12.5. The molecule has 288 valence electrons. The fourth-order valence-corrected chi connectivity index (χ4v) is 9.34. The fraction of sp³-hybridized carbons (Fsp3) is 0.649. The van der Waals surface area contributed by atoms with Gasteiger partial charge in [0.1, 0.15) is 0 Å². The Balaban J connectivity index is 0.863. The number of thioether (sulfide) groups is 1. The monoisotopic (exact) mass is 751 g/mol. The number of hydrazine groups is 1. The van der Waals surface area contributed by atoms with Gasteiger partial charge in [0, 0.05) is 53.3 Å². The zero-order chi connectivity index (χ0) is 37.4. The molecule has 53 heavy (non-hydrogen) atoms. The smallest absolute Gasteiger partial charge is 0.315 e. The Bertz CT molecular complexity index is 1500. The quantitative estimate of drug-likeness (QED) is 0.0203. The second-order valence-electron chi connectivity index (χ2n) is 14.3. The number of carbonyl (C=O) groups is 5. The first kappa shape index (κ1) is 39.9. The summed E-state index contributed by atoms with van der Waals surface area (Å²) in [6.07, 6.45) is 14.9. The Labute approximate surface area is 314 Å². The van der Waals surface area contributed by atoms with Crippen LogP contribution in [-0.4, -0.2) is 78.0 Å². The van der Waals surface area contributed by atoms with Gasteiger partial charge in [0.2, 0.25) is 23.6 Å². The molecule has 6 amide bonds. The van der Waals surface area contributed by atoms with Crippen LogP contribution in [0.4, 0.5) is 10.5 Å². The lowest BCUT2D eigenvalue weighted by Gasteiger charge is -2.28. The van der Waals surface area contributed by atoms with Crippen molar-refractivity contribution in [3.63, 3.8) is 0 Å². The van der Waals surface area contributed by atoms with Gasteiger partial charge in [-0.2, -0.15) is 11.8 Å². The van der Waals surface area contributed by atoms with E-state index in [-0.39, 0.29) is 66.4 Å². The topological polar surface area (TPSA) is 216 Å². The number of ether oxygens (including phenoxy) is 1. The third-order valence-corrected chi connectivity index (χ3v) is 12.1. The van der Waals surface area contributed by atoms with Crippen LogP contribution in [-0.2, 0) is 30.3 Å². The van der Waals surface area contributed by atoms with E-state index in [0.29, 0.717) is 61.9 Å². The second-order valence-corrected chi connectivity index (χ2v) is 15.6. The van der Waals surface area contributed by atoms with Crippen molar-refractivity contribution in [1.82, 2.24) is 32.1 Å². The van der Waals surface area contributed by atoms with Crippen molar-refractivity contribution >= 4 is 47.1 Å². The third kappa shape index (κ3) is 12.7. The number of nitrogens with one attached hydrogen (secondary N) is 6. The van der Waals surface area contributed by atoms with Gasteiger partial charge in [0.25, 0.3) is 0 Å². The average molecular weight is 752 g/mol. The molecular weight excluding hydrogens is 699 g/mol. The molecule has 4 unspecified atom stereocenters. The van der Waals surface area contributed by atoms with E-state index in [2.05, 4.69) is 54.3 Å². The molecule has 4 aliphatic rings. The number of rotatable bonds is 21. The number of aryl methyl sites for hydroxylation is 1. The van der Waals surface area contributed by atoms with Crippen LogP contribution in [0.25, 0.3) is 10.4 Å². The van der Waals surface area contributed by atoms with E-state index in [0.717, 1.165) is 62.7 Å². The lowest BCUT2D eigenvalue weighted by Crippen LogP contribution is -2.42. The van der Waals surface area contributed by atoms with Gasteiger partial charge in [-0.15, -0.1) is 0 Å². The van der Waals surface area contributed by atoms with Gasteiger partial charge in [-0.3, -0.25) is 30.0 Å². The van der Waals surface area contributed by atoms with Crippen LogP contribution in [0.1, 0.15) is 89.0 Å². The van der Waals surface area contributed by atoms with Crippen molar-refractivity contribution in [3.05, 3.63) is 52.4 Å². The zero-order valence-corrected chi connectivity index (χ0v) is 31.0. The number of nitrogens with zero attached hydrogens (tertiary/aromatic N) is 3. The van der Waals surface area contributed by atoms with E-state index in [1.54, 1.807) is 12.1 Å². The normalized spacial score (nSPS) is 25.3. The van der Waals surface area contributed by atoms with E-state index < -0.39 is 0 Å². The summed E-state index contributed by atoms with van der Waals surface area (Å²) in [6.45, 7) is 0.475. The number of azide groups is 1. The van der Waals surface area contributed by atoms with Crippen LogP contribution in [0.2, 0.25) is 0 Å². The molecule has 6 N–H and O–H groups in total. The summed E-state index contributed by atoms with van der Waals surface area (Å²) in [7, 11) is 0. The minimum Gasteiger partial charge on any atom is -0.374 e. The van der Waals surface area contributed by atoms with Crippen molar-refractivity contribution in [2.75, 3.05) is 18.8 Å². The number of unbranched alkanes of at least 4 members (excludes halogenated alkanes) is 2. The maximum absolute atomic E-state index is 12.5. The highest BCUT2D eigenvalue weighted by Gasteiger charge is 2.48. The highest BCUT2D eigenvalue weighted by Crippen LogP contribution is 2.45. The summed E-state index contributed by atoms with van der Waals surface area (Å²) >= 11 is 1.86. The largest absolute Gasteiger partial charge is 0.374 e. The van der Waals surface area contributed by atoms with Crippen LogP contribution in [0.5, 0.6) is 0 Å². The molecule has 4 saturated heterocycles. The number of benzene rings is 1. The molecule has 7 atom stereocenters. The van der Waals surface area contributed by atoms with E-state index in [1.807, 2.05) is 23.9 Å². The predicted molar refractivity (Wildman–Crippen MR) is 202 cm³/mol. The van der Waals surface area contributed by atoms with Crippen LogP contribution in [0.15, 0.2) is 41.5 Å². The SMILES string of the molecule is [N-]=[N+]=Nc1ccc(CCCC(=O)NCC(=O)NCC2C3CCC(O3)C2CC/C=C\CCCC(=O)NNC(=O)CCCC[C@H]2SC[C@H]3NC(=O)N[C@H]32)cc1. The van der Waals surface area contributed by atoms with Crippen LogP contribution in [0, 0.1) is 11.8 Å². The van der Waals surface area contributed by atoms with Gasteiger partial charge in [-0.25, -0.2) is 4.79 Å². The molecule has 0 aromatic heterocycles. The second kappa shape index (κ2) is 20.8. The van der Waals surface area contributed by atoms with Crippen LogP contribution < -0.4 is 32.1 Å². The van der Waals surface area contributed by atoms with Crippen molar-refractivity contribution in [2.24, 2.45) is 17.0 Å². The molecule has 2 bridgehead atoms. The number of amides is 6. The van der Waals surface area contributed by atoms with Crippen molar-refractivity contribution < 1.29 is 28.7 Å². The molecule has 0 spiro atoms. The number of allylic oxidation sites excluding steroid dienone is 2. The molecule has 0 saturated carbocycles. The van der Waals surface area contributed by atoms with Gasteiger partial charge in [0.05, 0.1) is 30.8 Å². The summed E-state index contributed by atoms with van der Waals surface area (Å²) < 4.78 is 6.20. The summed E-state index contributed by atoms with van der Waals surface area (Å²) in [6, 6.07) is 7.53. The highest BCUT2D eigenvalue weighted by molar-refractivity contribution is 8.00. The lowest BCUT2D eigenvalue weighted by atomic mass is 9.77. The summed E-state index contributed by atoms with van der Waals surface area (Å²) in [4.78, 5) is 63.4. The molecular formula is C37H53N9O6S. The number of urea groups is 1. The Hall–Kier alpha value is -4.27. The molecule has 4 fully saturated rings. The summed E-state index contributed by atoms with van der Waals surface area (Å²) in [5.41, 5.74) is 15.1. The van der Waals surface area contributed by atoms with Crippen molar-refractivity contribution in [3.8, 4) is 0 Å². The number of hydrogen-bond acceptors (Lipinski definition) is 8. The summed E-state index contributed by atoms with van der Waals surface area (Å²) in [5.74, 6) is 0.761.